The van der Waals surface area contributed by atoms with Gasteiger partial charge >= 0.3 is 7.82 Å². The van der Waals surface area contributed by atoms with Crippen molar-refractivity contribution in [3.05, 3.63) is 0 Å². The van der Waals surface area contributed by atoms with E-state index in [0.29, 0.717) is 12.8 Å². The lowest BCUT2D eigenvalue weighted by atomic mass is 10.1. The van der Waals surface area contributed by atoms with E-state index >= 15 is 0 Å². The molecule has 256 valence electrons. The van der Waals surface area contributed by atoms with Crippen molar-refractivity contribution in [2.24, 2.45) is 0 Å². The number of amides is 2. The fraction of sp³-hybridized carbons (Fsp3) is 0.935. The van der Waals surface area contributed by atoms with Gasteiger partial charge in [-0.25, -0.2) is 4.57 Å². The first-order valence-electron chi connectivity index (χ1n) is 16.5. The number of carbonyl (C=O) groups excluding carboxylic acids is 2. The molecule has 0 radical (unpaired) electrons. The van der Waals surface area contributed by atoms with Crippen LogP contribution in [0.25, 0.3) is 0 Å². The first-order valence-corrected chi connectivity index (χ1v) is 18.0. The highest BCUT2D eigenvalue weighted by atomic mass is 31.2. The van der Waals surface area contributed by atoms with E-state index in [1.807, 2.05) is 0 Å². The molecule has 11 nitrogen and oxygen atoms in total. The Morgan fingerprint density at radius 1 is 0.628 bits per heavy atom. The minimum Gasteiger partial charge on any atom is -0.394 e. The molecule has 3 N–H and O–H groups in total. The monoisotopic (exact) mass is 639 g/mol. The minimum atomic E-state index is -4.51. The third-order valence-electron chi connectivity index (χ3n) is 7.29. The molecule has 0 aliphatic heterocycles. The Morgan fingerprint density at radius 3 is 1.37 bits per heavy atom. The van der Waals surface area contributed by atoms with E-state index in [9.17, 15) is 24.2 Å². The molecule has 0 saturated carbocycles. The SMILES string of the molecule is COCCCCCCCCCCCC(=O)N(CCOP(=O)(O)OC[C@H](O)CO)C(=O)CCCCCCCCCCCOC. The molecule has 0 spiro atoms. The summed E-state index contributed by atoms with van der Waals surface area (Å²) in [6, 6.07) is 0. The lowest BCUT2D eigenvalue weighted by Crippen LogP contribution is -2.39. The number of phosphoric ester groups is 1. The first-order chi connectivity index (χ1) is 20.8. The van der Waals surface area contributed by atoms with Crippen LogP contribution in [0.3, 0.4) is 0 Å². The molecular formula is C31H62NO10P. The summed E-state index contributed by atoms with van der Waals surface area (Å²) in [6.45, 7) is -0.0841. The highest BCUT2D eigenvalue weighted by Crippen LogP contribution is 2.43. The van der Waals surface area contributed by atoms with Crippen molar-refractivity contribution in [3.63, 3.8) is 0 Å². The van der Waals surface area contributed by atoms with Crippen LogP contribution in [0.2, 0.25) is 0 Å². The van der Waals surface area contributed by atoms with Crippen molar-refractivity contribution in [3.8, 4) is 0 Å². The molecule has 0 rings (SSSR count). The largest absolute Gasteiger partial charge is 0.472 e. The second kappa shape index (κ2) is 29.8. The van der Waals surface area contributed by atoms with E-state index < -0.39 is 27.1 Å². The lowest BCUT2D eigenvalue weighted by Gasteiger charge is -2.22. The van der Waals surface area contributed by atoms with E-state index in [1.54, 1.807) is 14.2 Å². The van der Waals surface area contributed by atoms with Gasteiger partial charge in [-0.3, -0.25) is 23.5 Å². The zero-order chi connectivity index (χ0) is 32.0. The summed E-state index contributed by atoms with van der Waals surface area (Å²) in [5.41, 5.74) is 0. The number of hydrogen-bond donors (Lipinski definition) is 3. The molecule has 2 amide bonds. The zero-order valence-electron chi connectivity index (χ0n) is 27.1. The predicted molar refractivity (Wildman–Crippen MR) is 168 cm³/mol. The number of imide groups is 1. The van der Waals surface area contributed by atoms with Gasteiger partial charge in [0.2, 0.25) is 11.8 Å². The smallest absolute Gasteiger partial charge is 0.394 e. The maximum atomic E-state index is 13.0. The van der Waals surface area contributed by atoms with Crippen LogP contribution in [-0.2, 0) is 32.7 Å². The maximum Gasteiger partial charge on any atom is 0.472 e. The van der Waals surface area contributed by atoms with Crippen LogP contribution in [0.15, 0.2) is 0 Å². The normalized spacial score (nSPS) is 13.6. The molecule has 12 heteroatoms. The Hall–Kier alpha value is -0.910. The van der Waals surface area contributed by atoms with Crippen molar-refractivity contribution < 1.29 is 47.8 Å². The fourth-order valence-electron chi connectivity index (χ4n) is 4.70. The van der Waals surface area contributed by atoms with Gasteiger partial charge in [0, 0.05) is 40.3 Å². The van der Waals surface area contributed by atoms with Gasteiger partial charge in [0.05, 0.1) is 26.4 Å². The molecule has 0 fully saturated rings. The highest BCUT2D eigenvalue weighted by molar-refractivity contribution is 7.47. The number of nitrogens with zero attached hydrogens (tertiary/aromatic N) is 1. The summed E-state index contributed by atoms with van der Waals surface area (Å²) in [5, 5.41) is 18.1. The molecule has 0 saturated heterocycles. The predicted octanol–water partition coefficient (Wildman–Crippen LogP) is 5.92. The van der Waals surface area contributed by atoms with Crippen LogP contribution in [0.1, 0.15) is 128 Å². The first kappa shape index (κ1) is 42.1. The van der Waals surface area contributed by atoms with Crippen LogP contribution in [0.5, 0.6) is 0 Å². The van der Waals surface area contributed by atoms with Gasteiger partial charge in [0.15, 0.2) is 0 Å². The molecule has 0 heterocycles. The van der Waals surface area contributed by atoms with Crippen LogP contribution < -0.4 is 0 Å². The molecule has 0 aromatic heterocycles. The number of aliphatic hydroxyl groups excluding tert-OH is 2. The quantitative estimate of drug-likeness (QED) is 0.0597. The Bertz CT molecular complexity index is 674. The molecule has 0 aliphatic rings. The number of hydrogen-bond acceptors (Lipinski definition) is 9. The fourth-order valence-corrected chi connectivity index (χ4v) is 5.44. The standard InChI is InChI=1S/C31H62NO10P/c1-39-24-19-15-11-7-3-5-9-13-17-21-30(35)32(23-26-41-43(37,38)42-28-29(34)27-33)31(36)22-18-14-10-6-4-8-12-16-20-25-40-2/h29,33-34H,3-28H2,1-2H3,(H,37,38)/t29-/m1/s1. The Kier molecular flexibility index (Phi) is 29.2. The van der Waals surface area contributed by atoms with E-state index in [0.717, 1.165) is 69.5 Å². The summed E-state index contributed by atoms with van der Waals surface area (Å²) < 4.78 is 31.7. The van der Waals surface area contributed by atoms with Gasteiger partial charge < -0.3 is 24.6 Å². The number of ether oxygens (including phenoxy) is 2. The lowest BCUT2D eigenvalue weighted by molar-refractivity contribution is -0.145. The van der Waals surface area contributed by atoms with Gasteiger partial charge in [0.1, 0.15) is 6.10 Å². The Balaban J connectivity index is 4.48. The van der Waals surface area contributed by atoms with Gasteiger partial charge in [-0.2, -0.15) is 0 Å². The molecular weight excluding hydrogens is 577 g/mol. The number of carbonyl (C=O) groups is 2. The number of unbranched alkanes of at least 4 members (excludes halogenated alkanes) is 16. The highest BCUT2D eigenvalue weighted by Gasteiger charge is 2.25. The topological polar surface area (TPSA) is 152 Å². The third kappa shape index (κ3) is 27.1. The van der Waals surface area contributed by atoms with Crippen LogP contribution in [0, 0.1) is 0 Å². The van der Waals surface area contributed by atoms with Crippen molar-refractivity contribution >= 4 is 19.6 Å². The van der Waals surface area contributed by atoms with Crippen molar-refractivity contribution in [1.29, 1.82) is 0 Å². The average Bonchev–Trinajstić information content (AvgIpc) is 2.99. The van der Waals surface area contributed by atoms with Crippen LogP contribution in [-0.4, -0.2) is 91.7 Å². The molecule has 0 aliphatic carbocycles. The second-order valence-corrected chi connectivity index (χ2v) is 12.7. The van der Waals surface area contributed by atoms with E-state index in [2.05, 4.69) is 4.52 Å². The summed E-state index contributed by atoms with van der Waals surface area (Å²) in [6.07, 6.45) is 18.5. The number of aliphatic hydroxyl groups is 2. The van der Waals surface area contributed by atoms with Crippen molar-refractivity contribution in [1.82, 2.24) is 4.90 Å². The molecule has 43 heavy (non-hydrogen) atoms. The summed E-state index contributed by atoms with van der Waals surface area (Å²) >= 11 is 0. The molecule has 0 aromatic carbocycles. The van der Waals surface area contributed by atoms with Gasteiger partial charge in [-0.05, 0) is 25.7 Å². The summed E-state index contributed by atoms with van der Waals surface area (Å²) in [4.78, 5) is 36.9. The number of methoxy groups -OCH3 is 2. The van der Waals surface area contributed by atoms with Crippen LogP contribution in [0.4, 0.5) is 0 Å². The third-order valence-corrected chi connectivity index (χ3v) is 8.27. The van der Waals surface area contributed by atoms with Crippen LogP contribution >= 0.6 is 7.82 Å². The summed E-state index contributed by atoms with van der Waals surface area (Å²) in [5.74, 6) is -0.603. The van der Waals surface area contributed by atoms with Crippen molar-refractivity contribution in [2.75, 3.05) is 53.8 Å². The number of rotatable bonds is 32. The average molecular weight is 640 g/mol. The van der Waals surface area contributed by atoms with Crippen molar-refractivity contribution in [2.45, 2.75) is 135 Å². The molecule has 0 aromatic rings. The molecule has 2 atom stereocenters. The van der Waals surface area contributed by atoms with E-state index in [1.165, 1.54) is 51.4 Å². The van der Waals surface area contributed by atoms with E-state index in [4.69, 9.17) is 19.1 Å². The minimum absolute atomic E-state index is 0.153. The maximum absolute atomic E-state index is 13.0. The second-order valence-electron chi connectivity index (χ2n) is 11.2. The van der Waals surface area contributed by atoms with Gasteiger partial charge in [-0.15, -0.1) is 0 Å². The Labute approximate surface area is 260 Å². The van der Waals surface area contributed by atoms with Gasteiger partial charge in [-0.1, -0.05) is 89.9 Å². The molecule has 1 unspecified atom stereocenters. The Morgan fingerprint density at radius 2 is 1.00 bits per heavy atom. The molecule has 0 bridgehead atoms. The zero-order valence-corrected chi connectivity index (χ0v) is 28.0. The van der Waals surface area contributed by atoms with Gasteiger partial charge in [0.25, 0.3) is 0 Å². The summed E-state index contributed by atoms with van der Waals surface area (Å²) in [7, 11) is -1.06. The van der Waals surface area contributed by atoms with E-state index in [-0.39, 0.29) is 37.8 Å². The number of phosphoric acid groups is 1.